The van der Waals surface area contributed by atoms with Crippen LogP contribution in [-0.2, 0) is 28.7 Å². The highest BCUT2D eigenvalue weighted by atomic mass is 16.6. The predicted octanol–water partition coefficient (Wildman–Crippen LogP) is -1.46. The third kappa shape index (κ3) is 10.2. The van der Waals surface area contributed by atoms with Crippen LogP contribution in [0.1, 0.15) is 6.92 Å². The number of hydrogen-bond acceptors (Lipinski definition) is 6. The Morgan fingerprint density at radius 3 is 1.89 bits per heavy atom. The van der Waals surface area contributed by atoms with Crippen LogP contribution >= 0.6 is 0 Å². The molecule has 0 aliphatic rings. The summed E-state index contributed by atoms with van der Waals surface area (Å²) in [6.07, 6.45) is 2.67. The summed E-state index contributed by atoms with van der Waals surface area (Å²) in [6, 6.07) is 0. The van der Waals surface area contributed by atoms with Gasteiger partial charge in [-0.2, -0.15) is 0 Å². The first kappa shape index (κ1) is 16.4. The Labute approximate surface area is 109 Å². The molecule has 0 aliphatic carbocycles. The second kappa shape index (κ2) is 8.45. The van der Waals surface area contributed by atoms with Crippen molar-refractivity contribution >= 4 is 23.8 Å². The smallest absolute Gasteiger partial charge is 0.331 e. The highest BCUT2D eigenvalue weighted by Gasteiger charge is 2.09. The van der Waals surface area contributed by atoms with Gasteiger partial charge in [-0.3, -0.25) is 9.59 Å². The molecule has 8 heteroatoms. The number of hydrogen-bond donors (Lipinski definition) is 2. The Hall–Kier alpha value is -2.64. The molecule has 4 N–H and O–H groups in total. The van der Waals surface area contributed by atoms with E-state index in [4.69, 9.17) is 16.2 Å². The van der Waals surface area contributed by atoms with E-state index >= 15 is 0 Å². The molecule has 0 saturated heterocycles. The van der Waals surface area contributed by atoms with Gasteiger partial charge in [0.2, 0.25) is 11.8 Å². The first-order valence-electron chi connectivity index (χ1n) is 5.13. The summed E-state index contributed by atoms with van der Waals surface area (Å²) in [6.45, 7) is 1.26. The van der Waals surface area contributed by atoms with Crippen LogP contribution in [0.2, 0.25) is 0 Å². The maximum atomic E-state index is 11.1. The normalized spacial score (nSPS) is 12.3. The summed E-state index contributed by atoms with van der Waals surface area (Å²) in [7, 11) is 0. The van der Waals surface area contributed by atoms with Gasteiger partial charge in [0.1, 0.15) is 12.7 Å². The lowest BCUT2D eigenvalue weighted by Gasteiger charge is -2.11. The van der Waals surface area contributed by atoms with Gasteiger partial charge >= 0.3 is 11.9 Å². The van der Waals surface area contributed by atoms with Crippen LogP contribution in [-0.4, -0.2) is 36.5 Å². The molecule has 104 valence electrons. The molecule has 0 aliphatic heterocycles. The number of carbonyl (C=O) groups excluding carboxylic acids is 4. The van der Waals surface area contributed by atoms with Crippen molar-refractivity contribution in [2.24, 2.45) is 11.5 Å². The van der Waals surface area contributed by atoms with Crippen molar-refractivity contribution < 1.29 is 28.7 Å². The number of ether oxygens (including phenoxy) is 2. The van der Waals surface area contributed by atoms with E-state index in [2.05, 4.69) is 4.74 Å². The van der Waals surface area contributed by atoms with Crippen LogP contribution in [0, 0.1) is 0 Å². The first-order valence-corrected chi connectivity index (χ1v) is 5.13. The third-order valence-corrected chi connectivity index (χ3v) is 1.55. The van der Waals surface area contributed by atoms with Gasteiger partial charge in [0.05, 0.1) is 0 Å². The molecule has 0 fully saturated rings. The van der Waals surface area contributed by atoms with Gasteiger partial charge in [-0.1, -0.05) is 0 Å². The average molecular weight is 270 g/mol. The summed E-state index contributed by atoms with van der Waals surface area (Å²) in [5, 5.41) is 0. The van der Waals surface area contributed by atoms with Gasteiger partial charge in [0.15, 0.2) is 0 Å². The molecule has 0 aromatic carbocycles. The highest BCUT2D eigenvalue weighted by Crippen LogP contribution is 1.95. The van der Waals surface area contributed by atoms with Gasteiger partial charge in [0.25, 0.3) is 0 Å². The Bertz CT molecular complexity index is 427. The Morgan fingerprint density at radius 2 is 1.42 bits per heavy atom. The zero-order valence-corrected chi connectivity index (χ0v) is 10.2. The predicted molar refractivity (Wildman–Crippen MR) is 63.2 cm³/mol. The van der Waals surface area contributed by atoms with Gasteiger partial charge in [-0.15, -0.1) is 0 Å². The van der Waals surface area contributed by atoms with E-state index in [0.717, 1.165) is 24.3 Å². The van der Waals surface area contributed by atoms with Gasteiger partial charge in [-0.25, -0.2) is 9.59 Å². The van der Waals surface area contributed by atoms with Crippen molar-refractivity contribution in [3.63, 3.8) is 0 Å². The van der Waals surface area contributed by atoms with Crippen LogP contribution in [0.5, 0.6) is 0 Å². The summed E-state index contributed by atoms with van der Waals surface area (Å²) in [4.78, 5) is 42.8. The maximum Gasteiger partial charge on any atom is 0.331 e. The fourth-order valence-electron chi connectivity index (χ4n) is 0.820. The molecule has 0 rings (SSSR count). The van der Waals surface area contributed by atoms with Crippen molar-refractivity contribution in [2.45, 2.75) is 13.0 Å². The molecule has 0 heterocycles. The van der Waals surface area contributed by atoms with Gasteiger partial charge in [0, 0.05) is 24.3 Å². The van der Waals surface area contributed by atoms with Gasteiger partial charge in [-0.05, 0) is 6.92 Å². The SMILES string of the molecule is CC(COC(=O)/C=C\C(N)=O)OC(=O)/C=C\C(N)=O. The van der Waals surface area contributed by atoms with E-state index in [9.17, 15) is 19.2 Å². The van der Waals surface area contributed by atoms with Crippen LogP contribution in [0.4, 0.5) is 0 Å². The standard InChI is InChI=1S/C11H14N2O6/c1-7(19-11(17)5-3-9(13)15)6-18-10(16)4-2-8(12)14/h2-5,7H,6H2,1H3,(H2,12,14)(H2,13,15)/b4-2-,5-3-. The topological polar surface area (TPSA) is 139 Å². The highest BCUT2D eigenvalue weighted by molar-refractivity contribution is 5.94. The summed E-state index contributed by atoms with van der Waals surface area (Å²) in [5.41, 5.74) is 9.55. The van der Waals surface area contributed by atoms with Crippen LogP contribution < -0.4 is 11.5 Å². The van der Waals surface area contributed by atoms with Crippen molar-refractivity contribution in [3.8, 4) is 0 Å². The molecule has 0 saturated carbocycles. The number of nitrogens with two attached hydrogens (primary N) is 2. The number of rotatable bonds is 7. The molecule has 1 unspecified atom stereocenters. The lowest BCUT2D eigenvalue weighted by atomic mass is 10.4. The van der Waals surface area contributed by atoms with Crippen molar-refractivity contribution in [1.29, 1.82) is 0 Å². The van der Waals surface area contributed by atoms with Crippen LogP contribution in [0.15, 0.2) is 24.3 Å². The molecule has 0 aromatic rings. The fraction of sp³-hybridized carbons (Fsp3) is 0.273. The lowest BCUT2D eigenvalue weighted by molar-refractivity contribution is -0.151. The second-order valence-electron chi connectivity index (χ2n) is 3.35. The van der Waals surface area contributed by atoms with E-state index in [1.54, 1.807) is 0 Å². The molecule has 0 bridgehead atoms. The van der Waals surface area contributed by atoms with Crippen molar-refractivity contribution in [2.75, 3.05) is 6.61 Å². The van der Waals surface area contributed by atoms with E-state index in [-0.39, 0.29) is 6.61 Å². The number of amides is 2. The van der Waals surface area contributed by atoms with Crippen molar-refractivity contribution in [3.05, 3.63) is 24.3 Å². The molecule has 1 atom stereocenters. The summed E-state index contributed by atoms with van der Waals surface area (Å²) >= 11 is 0. The Morgan fingerprint density at radius 1 is 0.947 bits per heavy atom. The van der Waals surface area contributed by atoms with Gasteiger partial charge < -0.3 is 20.9 Å². The molecule has 0 spiro atoms. The Kier molecular flexibility index (Phi) is 7.28. The molecule has 2 amide bonds. The molecule has 0 radical (unpaired) electrons. The molecule has 8 nitrogen and oxygen atoms in total. The number of esters is 2. The largest absolute Gasteiger partial charge is 0.459 e. The monoisotopic (exact) mass is 270 g/mol. The van der Waals surface area contributed by atoms with E-state index < -0.39 is 29.9 Å². The van der Waals surface area contributed by atoms with Crippen molar-refractivity contribution in [1.82, 2.24) is 0 Å². The zero-order chi connectivity index (χ0) is 14.8. The zero-order valence-electron chi connectivity index (χ0n) is 10.2. The van der Waals surface area contributed by atoms with E-state index in [0.29, 0.717) is 0 Å². The Balaban J connectivity index is 4.02. The minimum Gasteiger partial charge on any atom is -0.459 e. The van der Waals surface area contributed by atoms with Crippen LogP contribution in [0.3, 0.4) is 0 Å². The van der Waals surface area contributed by atoms with E-state index in [1.165, 1.54) is 6.92 Å². The molecular weight excluding hydrogens is 256 g/mol. The quantitative estimate of drug-likeness (QED) is 0.428. The van der Waals surface area contributed by atoms with E-state index in [1.807, 2.05) is 0 Å². The summed E-state index contributed by atoms with van der Waals surface area (Å²) < 4.78 is 9.40. The molecular formula is C11H14N2O6. The third-order valence-electron chi connectivity index (χ3n) is 1.55. The maximum absolute atomic E-state index is 11.1. The summed E-state index contributed by atoms with van der Waals surface area (Å²) in [5.74, 6) is -3.16. The lowest BCUT2D eigenvalue weighted by Crippen LogP contribution is -2.21. The minimum absolute atomic E-state index is 0.210. The number of carbonyl (C=O) groups is 4. The fourth-order valence-corrected chi connectivity index (χ4v) is 0.820. The molecule has 0 aromatic heterocycles. The molecule has 19 heavy (non-hydrogen) atoms. The minimum atomic E-state index is -0.797. The number of primary amides is 2. The second-order valence-corrected chi connectivity index (χ2v) is 3.35. The first-order chi connectivity index (χ1) is 8.81. The van der Waals surface area contributed by atoms with Crippen LogP contribution in [0.25, 0.3) is 0 Å². The average Bonchev–Trinajstić information content (AvgIpc) is 2.31.